The highest BCUT2D eigenvalue weighted by Gasteiger charge is 2.61. The third-order valence-corrected chi connectivity index (χ3v) is 10.1. The number of amides is 3. The molecule has 3 aliphatic rings. The van der Waals surface area contributed by atoms with Crippen molar-refractivity contribution in [3.63, 3.8) is 0 Å². The molecule has 266 valence electrons. The first-order valence-electron chi connectivity index (χ1n) is 16.9. The molecule has 3 amide bonds. The summed E-state index contributed by atoms with van der Waals surface area (Å²) in [5, 5.41) is 28.0. The van der Waals surface area contributed by atoms with Gasteiger partial charge < -0.3 is 30.1 Å². The molecule has 1 aliphatic carbocycles. The van der Waals surface area contributed by atoms with E-state index >= 15 is 0 Å². The number of rotatable bonds is 6. The number of nitrogens with one attached hydrogen (secondary N) is 2. The van der Waals surface area contributed by atoms with E-state index in [0.717, 1.165) is 24.8 Å². The van der Waals surface area contributed by atoms with Gasteiger partial charge in [-0.25, -0.2) is 14.6 Å². The number of aliphatic carboxylic acids is 1. The fraction of sp³-hybridized carbons (Fsp3) is 0.514. The molecule has 0 bridgehead atoms. The normalized spacial score (nSPS) is 26.4. The molecule has 1 aromatic carbocycles. The summed E-state index contributed by atoms with van der Waals surface area (Å²) in [4.78, 5) is 61.3. The summed E-state index contributed by atoms with van der Waals surface area (Å²) in [6, 6.07) is 4.85. The van der Waals surface area contributed by atoms with Gasteiger partial charge in [0.1, 0.15) is 45.4 Å². The van der Waals surface area contributed by atoms with Crippen LogP contribution >= 0.6 is 11.3 Å². The van der Waals surface area contributed by atoms with Gasteiger partial charge in [0, 0.05) is 36.0 Å². The number of hydrogen-bond acceptors (Lipinski definition) is 10. The average molecular weight is 706 g/mol. The monoisotopic (exact) mass is 705 g/mol. The Morgan fingerprint density at radius 3 is 2.54 bits per heavy atom. The standard InChI is InChI=1S/C35H43N7O7S/c1-34(2,3)49-33(47)37-25-11-9-7-5-6-8-10-22-19-35(22,32(45)46)38-29(43)26-18-23(20-41(26)31(25)44)42-39-27(21-12-14-24(48-4)15-13-21)28(40-42)30-36-16-17-50-30/h8,10,12-17,22-23,25-26H,5-7,9,11,18-20H2,1-4H3,(H,37,47)(H,38,43)(H,45,46)/b10-8-/t22?,23-,25?,26?,35?/m1/s1. The van der Waals surface area contributed by atoms with Crippen molar-refractivity contribution >= 4 is 35.2 Å². The summed E-state index contributed by atoms with van der Waals surface area (Å²) >= 11 is 1.41. The van der Waals surface area contributed by atoms with Crippen molar-refractivity contribution in [2.24, 2.45) is 5.92 Å². The topological polar surface area (TPSA) is 178 Å². The molecule has 6 rings (SSSR count). The first-order chi connectivity index (χ1) is 23.9. The summed E-state index contributed by atoms with van der Waals surface area (Å²) in [7, 11) is 1.59. The largest absolute Gasteiger partial charge is 0.497 e. The van der Waals surface area contributed by atoms with Crippen molar-refractivity contribution in [1.82, 2.24) is 35.5 Å². The average Bonchev–Trinajstić information content (AvgIpc) is 3.52. The Morgan fingerprint density at radius 1 is 1.10 bits per heavy atom. The van der Waals surface area contributed by atoms with Crippen LogP contribution in [0, 0.1) is 5.92 Å². The molecule has 3 aromatic rings. The molecular weight excluding hydrogens is 662 g/mol. The Balaban J connectivity index is 1.35. The zero-order valence-corrected chi connectivity index (χ0v) is 29.4. The molecule has 1 saturated carbocycles. The van der Waals surface area contributed by atoms with Crippen LogP contribution in [0.5, 0.6) is 5.75 Å². The van der Waals surface area contributed by atoms with E-state index in [2.05, 4.69) is 15.6 Å². The molecule has 5 atom stereocenters. The molecule has 3 N–H and O–H groups in total. The van der Waals surface area contributed by atoms with E-state index in [4.69, 9.17) is 19.7 Å². The minimum Gasteiger partial charge on any atom is -0.497 e. The quantitative estimate of drug-likeness (QED) is 0.307. The maximum Gasteiger partial charge on any atom is 0.408 e. The number of aromatic nitrogens is 4. The number of hydrogen-bond donors (Lipinski definition) is 3. The minimum atomic E-state index is -1.45. The second-order valence-corrected chi connectivity index (χ2v) is 14.9. The number of ether oxygens (including phenoxy) is 2. The third-order valence-electron chi connectivity index (χ3n) is 9.28. The van der Waals surface area contributed by atoms with E-state index in [0.29, 0.717) is 35.0 Å². The predicted octanol–water partition coefficient (Wildman–Crippen LogP) is 4.59. The number of carbonyl (C=O) groups is 4. The Labute approximate surface area is 294 Å². The molecule has 2 fully saturated rings. The van der Waals surface area contributed by atoms with Gasteiger partial charge in [-0.15, -0.1) is 16.4 Å². The summed E-state index contributed by atoms with van der Waals surface area (Å²) < 4.78 is 10.8. The zero-order valence-electron chi connectivity index (χ0n) is 28.6. The number of nitrogens with zero attached hydrogens (tertiary/aromatic N) is 5. The summed E-state index contributed by atoms with van der Waals surface area (Å²) in [6.45, 7) is 5.28. The minimum absolute atomic E-state index is 0.0564. The Kier molecular flexibility index (Phi) is 9.96. The van der Waals surface area contributed by atoms with E-state index in [1.165, 1.54) is 21.0 Å². The number of thiazole rings is 1. The van der Waals surface area contributed by atoms with E-state index in [9.17, 15) is 24.3 Å². The second kappa shape index (κ2) is 14.2. The lowest BCUT2D eigenvalue weighted by Gasteiger charge is -2.30. The molecule has 2 aromatic heterocycles. The van der Waals surface area contributed by atoms with Crippen LogP contribution in [0.4, 0.5) is 4.79 Å². The van der Waals surface area contributed by atoms with Crippen molar-refractivity contribution < 1.29 is 33.8 Å². The smallest absolute Gasteiger partial charge is 0.408 e. The molecule has 4 heterocycles. The molecule has 0 spiro atoms. The van der Waals surface area contributed by atoms with Gasteiger partial charge in [-0.3, -0.25) is 9.59 Å². The lowest BCUT2D eigenvalue weighted by atomic mass is 10.0. The Morgan fingerprint density at radius 2 is 1.86 bits per heavy atom. The van der Waals surface area contributed by atoms with Crippen LogP contribution in [-0.2, 0) is 19.1 Å². The van der Waals surface area contributed by atoms with Crippen molar-refractivity contribution in [2.75, 3.05) is 13.7 Å². The maximum absolute atomic E-state index is 14.4. The predicted molar refractivity (Wildman–Crippen MR) is 184 cm³/mol. The first-order valence-corrected chi connectivity index (χ1v) is 17.8. The number of alkyl carbamates (subject to hydrolysis) is 1. The van der Waals surface area contributed by atoms with Gasteiger partial charge in [-0.2, -0.15) is 9.90 Å². The van der Waals surface area contributed by atoms with Gasteiger partial charge in [-0.1, -0.05) is 25.0 Å². The van der Waals surface area contributed by atoms with E-state index in [1.807, 2.05) is 41.8 Å². The number of carboxylic acid groups (broad SMARTS) is 1. The van der Waals surface area contributed by atoms with Crippen LogP contribution < -0.4 is 15.4 Å². The zero-order chi connectivity index (χ0) is 35.6. The van der Waals surface area contributed by atoms with Gasteiger partial charge in [0.25, 0.3) is 0 Å². The van der Waals surface area contributed by atoms with Crippen molar-refractivity contribution in [1.29, 1.82) is 0 Å². The molecule has 15 heteroatoms. The van der Waals surface area contributed by atoms with Crippen LogP contribution in [0.2, 0.25) is 0 Å². The lowest BCUT2D eigenvalue weighted by Crippen LogP contribution is -2.56. The SMILES string of the molecule is COc1ccc(-c2nn([C@@H]3CC4C(=O)NC5(C(=O)O)CC5/C=C\CCCCCC(NC(=O)OC(C)(C)C)C(=O)N4C3)nc2-c2nccs2)cc1. The van der Waals surface area contributed by atoms with Crippen LogP contribution in [0.3, 0.4) is 0 Å². The molecule has 2 aliphatic heterocycles. The van der Waals surface area contributed by atoms with Crippen LogP contribution in [0.1, 0.15) is 71.8 Å². The third kappa shape index (κ3) is 7.52. The fourth-order valence-corrected chi connectivity index (χ4v) is 7.23. The molecule has 1 saturated heterocycles. The van der Waals surface area contributed by atoms with Gasteiger partial charge in [-0.05, 0) is 70.7 Å². The van der Waals surface area contributed by atoms with E-state index in [1.54, 1.807) is 34.1 Å². The van der Waals surface area contributed by atoms with Crippen LogP contribution in [-0.4, -0.2) is 90.7 Å². The van der Waals surface area contributed by atoms with Crippen molar-refractivity contribution in [3.05, 3.63) is 48.0 Å². The van der Waals surface area contributed by atoms with Crippen LogP contribution in [0.15, 0.2) is 48.0 Å². The number of methoxy groups -OCH3 is 1. The van der Waals surface area contributed by atoms with Gasteiger partial charge in [0.05, 0.1) is 13.2 Å². The van der Waals surface area contributed by atoms with Gasteiger partial charge >= 0.3 is 12.1 Å². The van der Waals surface area contributed by atoms with Gasteiger partial charge in [0.2, 0.25) is 11.8 Å². The molecule has 14 nitrogen and oxygen atoms in total. The lowest BCUT2D eigenvalue weighted by molar-refractivity contribution is -0.145. The number of fused-ring (bicyclic) bond motifs is 2. The molecular formula is C35H43N7O7S. The maximum atomic E-state index is 14.4. The second-order valence-electron chi connectivity index (χ2n) is 14.0. The van der Waals surface area contributed by atoms with Crippen LogP contribution in [0.25, 0.3) is 22.0 Å². The Hall–Kier alpha value is -4.79. The molecule has 0 radical (unpaired) electrons. The van der Waals surface area contributed by atoms with E-state index in [-0.39, 0.29) is 25.3 Å². The highest BCUT2D eigenvalue weighted by Crippen LogP contribution is 2.46. The number of benzene rings is 1. The molecule has 4 unspecified atom stereocenters. The summed E-state index contributed by atoms with van der Waals surface area (Å²) in [6.07, 6.45) is 8.55. The highest BCUT2D eigenvalue weighted by atomic mass is 32.1. The Bertz CT molecular complexity index is 1750. The van der Waals surface area contributed by atoms with Crippen molar-refractivity contribution in [2.45, 2.75) is 95.0 Å². The summed E-state index contributed by atoms with van der Waals surface area (Å²) in [5.74, 6) is -1.81. The number of carbonyl (C=O) groups excluding carboxylic acids is 3. The summed E-state index contributed by atoms with van der Waals surface area (Å²) in [5.41, 5.74) is -0.327. The fourth-order valence-electron chi connectivity index (χ4n) is 6.61. The number of carboxylic acids is 1. The number of allylic oxidation sites excluding steroid dienone is 1. The molecule has 50 heavy (non-hydrogen) atoms. The van der Waals surface area contributed by atoms with Crippen molar-refractivity contribution in [3.8, 4) is 27.7 Å². The van der Waals surface area contributed by atoms with E-state index < -0.39 is 53.1 Å². The first kappa shape index (κ1) is 35.1. The van der Waals surface area contributed by atoms with Gasteiger partial charge in [0.15, 0.2) is 0 Å². The highest BCUT2D eigenvalue weighted by molar-refractivity contribution is 7.13.